The molecular weight excluding hydrogens is 210 g/mol. The van der Waals surface area contributed by atoms with Gasteiger partial charge in [-0.3, -0.25) is 0 Å². The van der Waals surface area contributed by atoms with Gasteiger partial charge < -0.3 is 19.9 Å². The molecule has 1 unspecified atom stereocenters. The van der Waals surface area contributed by atoms with Crippen molar-refractivity contribution < 1.29 is 20.1 Å². The van der Waals surface area contributed by atoms with E-state index in [-0.39, 0.29) is 11.4 Å². The summed E-state index contributed by atoms with van der Waals surface area (Å²) < 4.78 is 1.55. The lowest BCUT2D eigenvalue weighted by atomic mass is 10.2. The Morgan fingerprint density at radius 3 is 2.69 bits per heavy atom. The fraction of sp³-hybridized carbons (Fsp3) is 0.182. The van der Waals surface area contributed by atoms with Crippen LogP contribution in [-0.2, 0) is 11.8 Å². The van der Waals surface area contributed by atoms with Gasteiger partial charge in [-0.2, -0.15) is 0 Å². The zero-order valence-electron chi connectivity index (χ0n) is 8.58. The number of benzene rings is 1. The second-order valence-corrected chi connectivity index (χ2v) is 3.61. The number of phenols is 1. The van der Waals surface area contributed by atoms with E-state index in [1.54, 1.807) is 23.7 Å². The predicted octanol–water partition coefficient (Wildman–Crippen LogP) is 1.00. The summed E-state index contributed by atoms with van der Waals surface area (Å²) in [5, 5.41) is 28.3. The number of fused-ring (bicyclic) bond motifs is 1. The van der Waals surface area contributed by atoms with Crippen LogP contribution in [0.3, 0.4) is 0 Å². The smallest absolute Gasteiger partial charge is 0.338 e. The third kappa shape index (κ3) is 1.51. The molecule has 0 aliphatic heterocycles. The van der Waals surface area contributed by atoms with E-state index >= 15 is 0 Å². The van der Waals surface area contributed by atoms with Crippen LogP contribution in [0.25, 0.3) is 10.9 Å². The number of nitrogens with zero attached hydrogens (tertiary/aromatic N) is 1. The van der Waals surface area contributed by atoms with E-state index < -0.39 is 12.1 Å². The van der Waals surface area contributed by atoms with Gasteiger partial charge in [0.05, 0.1) is 11.2 Å². The minimum absolute atomic E-state index is 0.102. The molecular formula is C11H11NO4. The number of hydrogen-bond acceptors (Lipinski definition) is 3. The van der Waals surface area contributed by atoms with Gasteiger partial charge in [-0.1, -0.05) is 0 Å². The Morgan fingerprint density at radius 1 is 1.38 bits per heavy atom. The predicted molar refractivity (Wildman–Crippen MR) is 57.2 cm³/mol. The van der Waals surface area contributed by atoms with Crippen LogP contribution >= 0.6 is 0 Å². The number of carboxylic acids is 1. The molecule has 1 aromatic carbocycles. The van der Waals surface area contributed by atoms with Gasteiger partial charge in [0.1, 0.15) is 5.75 Å². The van der Waals surface area contributed by atoms with Crippen molar-refractivity contribution in [2.24, 2.45) is 7.05 Å². The molecule has 5 heteroatoms. The maximum atomic E-state index is 10.7. The van der Waals surface area contributed by atoms with E-state index in [4.69, 9.17) is 5.11 Å². The highest BCUT2D eigenvalue weighted by Crippen LogP contribution is 2.26. The molecule has 16 heavy (non-hydrogen) atoms. The topological polar surface area (TPSA) is 82.7 Å². The zero-order valence-corrected chi connectivity index (χ0v) is 8.58. The Bertz CT molecular complexity index is 558. The van der Waals surface area contributed by atoms with Crippen molar-refractivity contribution in [1.82, 2.24) is 4.57 Å². The average molecular weight is 221 g/mol. The van der Waals surface area contributed by atoms with E-state index in [0.29, 0.717) is 5.52 Å². The summed E-state index contributed by atoms with van der Waals surface area (Å²) in [6.07, 6.45) is -1.56. The van der Waals surface area contributed by atoms with Gasteiger partial charge in [0, 0.05) is 18.5 Å². The van der Waals surface area contributed by atoms with Gasteiger partial charge in [-0.25, -0.2) is 4.79 Å². The largest absolute Gasteiger partial charge is 0.508 e. The lowest BCUT2D eigenvalue weighted by molar-refractivity contribution is -0.147. The number of carbonyl (C=O) groups is 1. The van der Waals surface area contributed by atoms with Crippen molar-refractivity contribution >= 4 is 16.9 Å². The SMILES string of the molecule is Cn1c(C(O)C(=O)O)cc2ccc(O)cc21. The molecule has 0 spiro atoms. The third-order valence-corrected chi connectivity index (χ3v) is 2.58. The lowest BCUT2D eigenvalue weighted by Crippen LogP contribution is -2.13. The monoisotopic (exact) mass is 221 g/mol. The van der Waals surface area contributed by atoms with E-state index in [2.05, 4.69) is 0 Å². The minimum atomic E-state index is -1.56. The molecule has 3 N–H and O–H groups in total. The molecule has 0 fully saturated rings. The Labute approximate surface area is 91.2 Å². The first-order chi connectivity index (χ1) is 7.50. The van der Waals surface area contributed by atoms with Crippen molar-refractivity contribution in [2.45, 2.75) is 6.10 Å². The molecule has 2 aromatic rings. The molecule has 1 aromatic heterocycles. The van der Waals surface area contributed by atoms with Crippen molar-refractivity contribution in [3.8, 4) is 5.75 Å². The van der Waals surface area contributed by atoms with E-state index in [9.17, 15) is 15.0 Å². The van der Waals surface area contributed by atoms with Crippen LogP contribution in [0.1, 0.15) is 11.8 Å². The summed E-state index contributed by atoms with van der Waals surface area (Å²) in [5.74, 6) is -1.19. The first-order valence-corrected chi connectivity index (χ1v) is 4.70. The number of aliphatic hydroxyl groups excluding tert-OH is 1. The number of hydrogen-bond donors (Lipinski definition) is 3. The Balaban J connectivity index is 2.64. The van der Waals surface area contributed by atoms with Crippen LogP contribution in [0.4, 0.5) is 0 Å². The summed E-state index contributed by atoms with van der Waals surface area (Å²) in [5.41, 5.74) is 0.961. The van der Waals surface area contributed by atoms with Crippen LogP contribution in [0.15, 0.2) is 24.3 Å². The van der Waals surface area contributed by atoms with Crippen LogP contribution in [-0.4, -0.2) is 25.9 Å². The number of rotatable bonds is 2. The third-order valence-electron chi connectivity index (χ3n) is 2.58. The summed E-state index contributed by atoms with van der Waals surface area (Å²) in [7, 11) is 1.64. The van der Waals surface area contributed by atoms with Crippen LogP contribution in [0.2, 0.25) is 0 Å². The normalized spacial score (nSPS) is 12.9. The summed E-state index contributed by atoms with van der Waals surface area (Å²) in [4.78, 5) is 10.7. The molecule has 0 aliphatic rings. The fourth-order valence-corrected chi connectivity index (χ4v) is 1.73. The first-order valence-electron chi connectivity index (χ1n) is 4.70. The maximum absolute atomic E-state index is 10.7. The van der Waals surface area contributed by atoms with Gasteiger partial charge in [0.2, 0.25) is 0 Å². The first kappa shape index (κ1) is 10.5. The molecule has 0 radical (unpaired) electrons. The average Bonchev–Trinajstić information content (AvgIpc) is 2.55. The molecule has 84 valence electrons. The molecule has 1 atom stereocenters. The van der Waals surface area contributed by atoms with E-state index in [0.717, 1.165) is 5.39 Å². The summed E-state index contributed by atoms with van der Waals surface area (Å²) >= 11 is 0. The van der Waals surface area contributed by atoms with E-state index in [1.807, 2.05) is 0 Å². The number of aromatic nitrogens is 1. The van der Waals surface area contributed by atoms with Crippen LogP contribution < -0.4 is 0 Å². The highest BCUT2D eigenvalue weighted by Gasteiger charge is 2.20. The number of aliphatic hydroxyl groups is 1. The number of aryl methyl sites for hydroxylation is 1. The Morgan fingerprint density at radius 2 is 2.06 bits per heavy atom. The highest BCUT2D eigenvalue weighted by atomic mass is 16.4. The quantitative estimate of drug-likeness (QED) is 0.706. The molecule has 0 saturated carbocycles. The Kier molecular flexibility index (Phi) is 2.32. The van der Waals surface area contributed by atoms with Crippen molar-refractivity contribution in [2.75, 3.05) is 0 Å². The van der Waals surface area contributed by atoms with Gasteiger partial charge in [0.15, 0.2) is 6.10 Å². The number of carboxylic acid groups (broad SMARTS) is 1. The van der Waals surface area contributed by atoms with E-state index in [1.165, 1.54) is 12.1 Å². The molecule has 2 rings (SSSR count). The molecule has 0 aliphatic carbocycles. The molecule has 5 nitrogen and oxygen atoms in total. The molecule has 0 amide bonds. The number of phenolic OH excluding ortho intramolecular Hbond substituents is 1. The van der Waals surface area contributed by atoms with Gasteiger partial charge >= 0.3 is 5.97 Å². The van der Waals surface area contributed by atoms with Crippen molar-refractivity contribution in [3.05, 3.63) is 30.0 Å². The van der Waals surface area contributed by atoms with Crippen molar-refractivity contribution in [3.63, 3.8) is 0 Å². The molecule has 0 saturated heterocycles. The van der Waals surface area contributed by atoms with Crippen LogP contribution in [0.5, 0.6) is 5.75 Å². The maximum Gasteiger partial charge on any atom is 0.338 e. The van der Waals surface area contributed by atoms with Crippen LogP contribution in [0, 0.1) is 0 Å². The highest BCUT2D eigenvalue weighted by molar-refractivity contribution is 5.85. The zero-order chi connectivity index (χ0) is 11.9. The Hall–Kier alpha value is -2.01. The van der Waals surface area contributed by atoms with Crippen molar-refractivity contribution in [1.29, 1.82) is 0 Å². The standard InChI is InChI=1S/C11H11NO4/c1-12-8-5-7(13)3-2-6(8)4-9(12)10(14)11(15)16/h2-5,10,13-14H,1H3,(H,15,16). The minimum Gasteiger partial charge on any atom is -0.508 e. The molecule has 1 heterocycles. The number of aliphatic carboxylic acids is 1. The fourth-order valence-electron chi connectivity index (χ4n) is 1.73. The summed E-state index contributed by atoms with van der Waals surface area (Å²) in [6, 6.07) is 6.29. The van der Waals surface area contributed by atoms with Gasteiger partial charge in [-0.05, 0) is 18.2 Å². The lowest BCUT2D eigenvalue weighted by Gasteiger charge is -2.07. The second-order valence-electron chi connectivity index (χ2n) is 3.61. The summed E-state index contributed by atoms with van der Waals surface area (Å²) in [6.45, 7) is 0. The number of aromatic hydroxyl groups is 1. The van der Waals surface area contributed by atoms with Gasteiger partial charge in [-0.15, -0.1) is 0 Å². The van der Waals surface area contributed by atoms with Gasteiger partial charge in [0.25, 0.3) is 0 Å². The second kappa shape index (κ2) is 3.53. The molecule has 0 bridgehead atoms.